The normalized spacial score (nSPS) is 19.6. The maximum atomic E-state index is 14.2. The van der Waals surface area contributed by atoms with Crippen LogP contribution in [0.5, 0.6) is 0 Å². The number of amidine groups is 1. The maximum absolute atomic E-state index is 14.2. The van der Waals surface area contributed by atoms with Gasteiger partial charge in [-0.15, -0.1) is 5.10 Å². The summed E-state index contributed by atoms with van der Waals surface area (Å²) in [6, 6.07) is 9.57. The van der Waals surface area contributed by atoms with Crippen LogP contribution in [0.3, 0.4) is 0 Å². The molecular formula is C25H22FN7O3. The highest BCUT2D eigenvalue weighted by Gasteiger charge is 2.46. The molecule has 0 saturated carbocycles. The van der Waals surface area contributed by atoms with Crippen LogP contribution >= 0.6 is 0 Å². The monoisotopic (exact) mass is 487 g/mol. The summed E-state index contributed by atoms with van der Waals surface area (Å²) in [7, 11) is 0. The third kappa shape index (κ3) is 3.40. The number of rotatable bonds is 4. The second-order valence-electron chi connectivity index (χ2n) is 8.90. The van der Waals surface area contributed by atoms with Gasteiger partial charge in [-0.1, -0.05) is 0 Å². The van der Waals surface area contributed by atoms with Gasteiger partial charge in [0.1, 0.15) is 22.8 Å². The van der Waals surface area contributed by atoms with Gasteiger partial charge in [0.2, 0.25) is 0 Å². The van der Waals surface area contributed by atoms with Crippen LogP contribution < -0.4 is 5.73 Å². The van der Waals surface area contributed by atoms with Crippen molar-refractivity contribution in [2.75, 3.05) is 6.67 Å². The Kier molecular flexibility index (Phi) is 4.82. The highest BCUT2D eigenvalue weighted by Crippen LogP contribution is 2.40. The second kappa shape index (κ2) is 7.83. The van der Waals surface area contributed by atoms with E-state index in [1.807, 2.05) is 19.9 Å². The molecule has 2 aromatic carbocycles. The summed E-state index contributed by atoms with van der Waals surface area (Å²) >= 11 is 0. The van der Waals surface area contributed by atoms with Gasteiger partial charge in [0.15, 0.2) is 24.5 Å². The highest BCUT2D eigenvalue weighted by molar-refractivity contribution is 6.31. The molecule has 4 heterocycles. The molecule has 1 unspecified atom stereocenters. The summed E-state index contributed by atoms with van der Waals surface area (Å²) in [5.41, 5.74) is 11.3. The molecule has 0 amide bonds. The van der Waals surface area contributed by atoms with Crippen molar-refractivity contribution in [1.82, 2.24) is 15.0 Å². The molecule has 1 atom stereocenters. The van der Waals surface area contributed by atoms with E-state index < -0.39 is 4.65 Å². The molecule has 182 valence electrons. The number of nitrogens with zero attached hydrogens (tertiary/aromatic N) is 6. The van der Waals surface area contributed by atoms with Crippen molar-refractivity contribution < 1.29 is 17.9 Å². The Morgan fingerprint density at radius 3 is 2.64 bits per heavy atom. The fourth-order valence-corrected chi connectivity index (χ4v) is 4.65. The average Bonchev–Trinajstić information content (AvgIpc) is 3.52. The number of halogens is 1. The third-order valence-electron chi connectivity index (χ3n) is 6.36. The topological polar surface area (TPSA) is 129 Å². The number of benzene rings is 2. The van der Waals surface area contributed by atoms with E-state index in [4.69, 9.17) is 19.7 Å². The Balaban J connectivity index is 1.56. The fourth-order valence-electron chi connectivity index (χ4n) is 4.65. The van der Waals surface area contributed by atoms with E-state index in [1.54, 1.807) is 30.1 Å². The first-order valence-electron chi connectivity index (χ1n) is 11.3. The number of hydroxylamine groups is 3. The van der Waals surface area contributed by atoms with Crippen LogP contribution in [0.4, 0.5) is 4.39 Å². The molecule has 0 fully saturated rings. The zero-order chi connectivity index (χ0) is 25.2. The van der Waals surface area contributed by atoms with E-state index in [9.17, 15) is 9.60 Å². The molecule has 4 aromatic rings. The molecule has 2 aliphatic heterocycles. The number of oxazole rings is 2. The van der Waals surface area contributed by atoms with Crippen molar-refractivity contribution in [2.45, 2.75) is 27.3 Å². The van der Waals surface area contributed by atoms with Gasteiger partial charge < -0.3 is 19.8 Å². The lowest BCUT2D eigenvalue weighted by Gasteiger charge is -2.39. The van der Waals surface area contributed by atoms with E-state index in [2.05, 4.69) is 15.0 Å². The predicted octanol–water partition coefficient (Wildman–Crippen LogP) is 4.18. The van der Waals surface area contributed by atoms with Gasteiger partial charge in [-0.25, -0.2) is 24.0 Å². The standard InChI is InChI=1S/C25H22FN7O3/c1-13-8-17(9-20-22(13)28-11-35-20)21-23(16-4-6-18(26)7-5-16)30-25(27)33(34)12-32(31-24(21)33)10-19-14(2)36-15(3)29-19/h4-9,11H,10,12H2,1-3H3,(H2,27,30). The van der Waals surface area contributed by atoms with E-state index in [0.717, 1.165) is 11.1 Å². The molecule has 0 radical (unpaired) electrons. The predicted molar refractivity (Wildman–Crippen MR) is 131 cm³/mol. The number of aryl methyl sites for hydroxylation is 3. The van der Waals surface area contributed by atoms with Gasteiger partial charge >= 0.3 is 5.96 Å². The molecule has 0 bridgehead atoms. The zero-order valence-corrected chi connectivity index (χ0v) is 19.8. The summed E-state index contributed by atoms with van der Waals surface area (Å²) in [5, 5.41) is 20.5. The zero-order valence-electron chi connectivity index (χ0n) is 19.8. The lowest BCUT2D eigenvalue weighted by molar-refractivity contribution is -0.695. The highest BCUT2D eigenvalue weighted by atomic mass is 19.1. The Bertz CT molecular complexity index is 1620. The minimum Gasteiger partial charge on any atom is -0.617 e. The first-order valence-corrected chi connectivity index (χ1v) is 11.3. The van der Waals surface area contributed by atoms with Gasteiger partial charge in [-0.2, -0.15) is 4.99 Å². The van der Waals surface area contributed by atoms with Gasteiger partial charge in [0, 0.05) is 12.5 Å². The lowest BCUT2D eigenvalue weighted by atomic mass is 9.95. The van der Waals surface area contributed by atoms with Gasteiger partial charge in [0.25, 0.3) is 5.84 Å². The van der Waals surface area contributed by atoms with Crippen LogP contribution in [0.2, 0.25) is 0 Å². The lowest BCUT2D eigenvalue weighted by Crippen LogP contribution is -2.57. The average molecular weight is 487 g/mol. The van der Waals surface area contributed by atoms with Crippen molar-refractivity contribution >= 4 is 34.2 Å². The number of aromatic nitrogens is 2. The molecule has 2 aromatic heterocycles. The van der Waals surface area contributed by atoms with Gasteiger partial charge in [0.05, 0.1) is 17.8 Å². The molecule has 11 heteroatoms. The number of quaternary nitrogens is 1. The number of aliphatic imine (C=N–C) groups is 1. The van der Waals surface area contributed by atoms with Crippen molar-refractivity contribution in [2.24, 2.45) is 15.8 Å². The molecule has 0 spiro atoms. The Hall–Kier alpha value is -4.35. The Morgan fingerprint density at radius 2 is 1.92 bits per heavy atom. The largest absolute Gasteiger partial charge is 0.617 e. The number of guanidine groups is 1. The summed E-state index contributed by atoms with van der Waals surface area (Å²) in [4.78, 5) is 13.2. The summed E-state index contributed by atoms with van der Waals surface area (Å²) in [6.07, 6.45) is 1.37. The summed E-state index contributed by atoms with van der Waals surface area (Å²) < 4.78 is 23.8. The Morgan fingerprint density at radius 1 is 1.14 bits per heavy atom. The quantitative estimate of drug-likeness (QED) is 0.338. The smallest absolute Gasteiger partial charge is 0.308 e. The van der Waals surface area contributed by atoms with E-state index >= 15 is 0 Å². The molecule has 36 heavy (non-hydrogen) atoms. The third-order valence-corrected chi connectivity index (χ3v) is 6.36. The first-order chi connectivity index (χ1) is 17.2. The molecule has 2 aliphatic rings. The minimum absolute atomic E-state index is 0.0836. The van der Waals surface area contributed by atoms with Crippen LogP contribution in [0.1, 0.15) is 34.0 Å². The van der Waals surface area contributed by atoms with Gasteiger partial charge in [-0.3, -0.25) is 0 Å². The van der Waals surface area contributed by atoms with E-state index in [-0.39, 0.29) is 30.8 Å². The number of hydrazone groups is 1. The number of nitrogens with two attached hydrogens (primary N) is 1. The Labute approximate surface area is 205 Å². The molecule has 10 nitrogen and oxygen atoms in total. The molecule has 0 aliphatic carbocycles. The van der Waals surface area contributed by atoms with Crippen LogP contribution in [0.15, 0.2) is 61.7 Å². The second-order valence-corrected chi connectivity index (χ2v) is 8.90. The number of fused-ring (bicyclic) bond motifs is 2. The molecule has 6 rings (SSSR count). The van der Waals surface area contributed by atoms with Crippen molar-refractivity contribution in [3.05, 3.63) is 87.9 Å². The van der Waals surface area contributed by atoms with Crippen molar-refractivity contribution in [3.8, 4) is 0 Å². The van der Waals surface area contributed by atoms with Crippen LogP contribution in [-0.4, -0.2) is 38.1 Å². The minimum atomic E-state index is -1.05. The van der Waals surface area contributed by atoms with Crippen molar-refractivity contribution in [1.29, 1.82) is 0 Å². The van der Waals surface area contributed by atoms with Crippen LogP contribution in [-0.2, 0) is 6.54 Å². The van der Waals surface area contributed by atoms with E-state index in [0.29, 0.717) is 45.3 Å². The number of hydrogen-bond donors (Lipinski definition) is 1. The summed E-state index contributed by atoms with van der Waals surface area (Å²) in [6.45, 7) is 5.67. The first kappa shape index (κ1) is 22.1. The SMILES string of the molecule is Cc1nc(CN2C[N+]3([O-])C(N)=NC(c4ccc(F)cc4)=C(c4cc(C)c5ncoc5c4)C3=N2)c(C)o1. The van der Waals surface area contributed by atoms with Crippen LogP contribution in [0.25, 0.3) is 22.4 Å². The van der Waals surface area contributed by atoms with Gasteiger partial charge in [-0.05, 0) is 61.4 Å². The van der Waals surface area contributed by atoms with E-state index in [1.165, 1.54) is 18.5 Å². The summed E-state index contributed by atoms with van der Waals surface area (Å²) in [5.74, 6) is 0.826. The maximum Gasteiger partial charge on any atom is 0.308 e. The van der Waals surface area contributed by atoms with Crippen molar-refractivity contribution in [3.63, 3.8) is 0 Å². The molecular weight excluding hydrogens is 465 g/mol. The molecule has 0 saturated heterocycles. The fraction of sp³-hybridized carbons (Fsp3) is 0.200. The molecule has 2 N–H and O–H groups in total. The number of hydrogen-bond acceptors (Lipinski definition) is 9. The van der Waals surface area contributed by atoms with Crippen LogP contribution in [0, 0.1) is 31.8 Å².